The van der Waals surface area contributed by atoms with Crippen LogP contribution < -0.4 is 20.3 Å². The van der Waals surface area contributed by atoms with E-state index in [4.69, 9.17) is 9.47 Å². The summed E-state index contributed by atoms with van der Waals surface area (Å²) in [5.74, 6) is 1.00. The molecule has 0 radical (unpaired) electrons. The van der Waals surface area contributed by atoms with Crippen LogP contribution in [-0.2, 0) is 0 Å². The Bertz CT molecular complexity index is 1130. The molecule has 6 nitrogen and oxygen atoms in total. The predicted octanol–water partition coefficient (Wildman–Crippen LogP) is 6.96. The Labute approximate surface area is 226 Å². The van der Waals surface area contributed by atoms with Gasteiger partial charge in [0.25, 0.3) is 11.8 Å². The highest BCUT2D eigenvalue weighted by Gasteiger charge is 2.09. The lowest BCUT2D eigenvalue weighted by molar-refractivity contribution is 0.0846. The fourth-order valence-corrected chi connectivity index (χ4v) is 4.05. The summed E-state index contributed by atoms with van der Waals surface area (Å²) in [5.41, 5.74) is 8.22. The zero-order valence-corrected chi connectivity index (χ0v) is 22.6. The van der Waals surface area contributed by atoms with Gasteiger partial charge in [-0.15, -0.1) is 0 Å². The van der Waals surface area contributed by atoms with Crippen molar-refractivity contribution >= 4 is 11.8 Å². The number of carbonyl (C=O) groups is 2. The molecule has 0 heterocycles. The molecule has 0 spiro atoms. The molecule has 38 heavy (non-hydrogen) atoms. The van der Waals surface area contributed by atoms with Gasteiger partial charge in [0, 0.05) is 11.1 Å². The van der Waals surface area contributed by atoms with Gasteiger partial charge in [0.2, 0.25) is 0 Å². The molecule has 3 aromatic carbocycles. The van der Waals surface area contributed by atoms with Gasteiger partial charge in [0.1, 0.15) is 11.5 Å². The fraction of sp³-hybridized carbons (Fsp3) is 0.375. The second-order valence-corrected chi connectivity index (χ2v) is 9.59. The summed E-state index contributed by atoms with van der Waals surface area (Å²) in [5, 5.41) is 0. The third-order valence-electron chi connectivity index (χ3n) is 6.35. The van der Waals surface area contributed by atoms with E-state index in [1.54, 1.807) is 48.5 Å². The number of benzene rings is 3. The lowest BCUT2D eigenvalue weighted by Gasteiger charge is -2.10. The Hall–Kier alpha value is -3.80. The quantitative estimate of drug-likeness (QED) is 0.169. The Balaban J connectivity index is 1.17. The number of hydrogen-bond donors (Lipinski definition) is 2. The topological polar surface area (TPSA) is 76.7 Å². The number of rotatable bonds is 15. The predicted molar refractivity (Wildman–Crippen MR) is 152 cm³/mol. The van der Waals surface area contributed by atoms with E-state index >= 15 is 0 Å². The maximum atomic E-state index is 12.3. The zero-order chi connectivity index (χ0) is 27.0. The number of nitrogens with one attached hydrogen (secondary N) is 2. The van der Waals surface area contributed by atoms with Crippen LogP contribution in [0.3, 0.4) is 0 Å². The average Bonchev–Trinajstić information content (AvgIpc) is 2.94. The van der Waals surface area contributed by atoms with Crippen LogP contribution in [0.5, 0.6) is 11.5 Å². The van der Waals surface area contributed by atoms with Gasteiger partial charge in [-0.25, -0.2) is 0 Å². The minimum absolute atomic E-state index is 0.363. The third-order valence-corrected chi connectivity index (χ3v) is 6.35. The maximum Gasteiger partial charge on any atom is 0.269 e. The summed E-state index contributed by atoms with van der Waals surface area (Å²) in [6.45, 7) is 5.64. The molecule has 0 saturated heterocycles. The van der Waals surface area contributed by atoms with Gasteiger partial charge in [-0.1, -0.05) is 68.9 Å². The van der Waals surface area contributed by atoms with Crippen molar-refractivity contribution in [1.82, 2.24) is 10.9 Å². The summed E-state index contributed by atoms with van der Waals surface area (Å²) < 4.78 is 11.7. The van der Waals surface area contributed by atoms with Crippen molar-refractivity contribution in [2.45, 2.75) is 65.2 Å². The average molecular weight is 517 g/mol. The maximum absolute atomic E-state index is 12.3. The van der Waals surface area contributed by atoms with E-state index < -0.39 is 0 Å². The number of hydrazine groups is 1. The molecule has 0 bridgehead atoms. The van der Waals surface area contributed by atoms with Crippen LogP contribution in [0.2, 0.25) is 0 Å². The normalized spacial score (nSPS) is 10.6. The molecule has 0 aliphatic carbocycles. The minimum atomic E-state index is -0.380. The smallest absolute Gasteiger partial charge is 0.269 e. The summed E-state index contributed by atoms with van der Waals surface area (Å²) >= 11 is 0. The van der Waals surface area contributed by atoms with E-state index in [9.17, 15) is 9.59 Å². The van der Waals surface area contributed by atoms with Crippen LogP contribution in [0.15, 0.2) is 72.8 Å². The first-order chi connectivity index (χ1) is 18.5. The molecular weight excluding hydrogens is 476 g/mol. The molecule has 3 aromatic rings. The molecule has 0 aliphatic heterocycles. The van der Waals surface area contributed by atoms with Crippen molar-refractivity contribution in [2.75, 3.05) is 13.2 Å². The number of carbonyl (C=O) groups excluding carboxylic acids is 2. The van der Waals surface area contributed by atoms with Gasteiger partial charge < -0.3 is 9.47 Å². The highest BCUT2D eigenvalue weighted by atomic mass is 16.5. The molecule has 6 heteroatoms. The van der Waals surface area contributed by atoms with Gasteiger partial charge >= 0.3 is 0 Å². The van der Waals surface area contributed by atoms with Gasteiger partial charge in [0.15, 0.2) is 0 Å². The first-order valence-corrected chi connectivity index (χ1v) is 13.6. The van der Waals surface area contributed by atoms with Crippen LogP contribution in [0, 0.1) is 13.8 Å². The minimum Gasteiger partial charge on any atom is -0.494 e. The molecule has 2 N–H and O–H groups in total. The number of unbranched alkanes of at least 4 members (excludes halogenated alkanes) is 7. The molecule has 0 aromatic heterocycles. The molecule has 0 fully saturated rings. The van der Waals surface area contributed by atoms with Gasteiger partial charge in [-0.3, -0.25) is 20.4 Å². The van der Waals surface area contributed by atoms with Crippen LogP contribution in [0.1, 0.15) is 83.2 Å². The lowest BCUT2D eigenvalue weighted by Crippen LogP contribution is -2.41. The van der Waals surface area contributed by atoms with Crippen molar-refractivity contribution < 1.29 is 19.1 Å². The third kappa shape index (κ3) is 10.3. The van der Waals surface area contributed by atoms with Gasteiger partial charge in [-0.05, 0) is 80.3 Å². The van der Waals surface area contributed by atoms with Crippen molar-refractivity contribution in [3.05, 3.63) is 95.1 Å². The molecule has 0 aliphatic rings. The van der Waals surface area contributed by atoms with E-state index in [-0.39, 0.29) is 11.8 Å². The Morgan fingerprint density at radius 1 is 0.605 bits per heavy atom. The van der Waals surface area contributed by atoms with Gasteiger partial charge in [0.05, 0.1) is 13.2 Å². The van der Waals surface area contributed by atoms with E-state index in [0.29, 0.717) is 17.7 Å². The molecule has 3 rings (SSSR count). The number of amides is 2. The first-order valence-electron chi connectivity index (χ1n) is 13.6. The molecule has 2 amide bonds. The molecule has 0 unspecified atom stereocenters. The molecule has 0 atom stereocenters. The Morgan fingerprint density at radius 3 is 1.74 bits per heavy atom. The van der Waals surface area contributed by atoms with Crippen LogP contribution in [0.25, 0.3) is 0 Å². The highest BCUT2D eigenvalue weighted by Crippen LogP contribution is 2.20. The monoisotopic (exact) mass is 516 g/mol. The number of aryl methyl sites for hydroxylation is 2. The summed E-state index contributed by atoms with van der Waals surface area (Å²) in [4.78, 5) is 24.3. The SMILES string of the molecule is Cc1ccc(C)c(OCCCCCCCCCCOc2ccc(C(=O)NNC(=O)c3ccccc3)cc2)c1. The van der Waals surface area contributed by atoms with Crippen LogP contribution >= 0.6 is 0 Å². The van der Waals surface area contributed by atoms with E-state index in [0.717, 1.165) is 37.4 Å². The van der Waals surface area contributed by atoms with Crippen molar-refractivity contribution in [2.24, 2.45) is 0 Å². The largest absolute Gasteiger partial charge is 0.494 e. The molecular formula is C32H40N2O4. The molecule has 0 saturated carbocycles. The summed E-state index contributed by atoms with van der Waals surface area (Å²) in [6.07, 6.45) is 9.46. The second-order valence-electron chi connectivity index (χ2n) is 9.59. The summed E-state index contributed by atoms with van der Waals surface area (Å²) in [6, 6.07) is 22.0. The van der Waals surface area contributed by atoms with Gasteiger partial charge in [-0.2, -0.15) is 0 Å². The van der Waals surface area contributed by atoms with Crippen molar-refractivity contribution in [3.8, 4) is 11.5 Å². The van der Waals surface area contributed by atoms with E-state index in [1.165, 1.54) is 43.2 Å². The van der Waals surface area contributed by atoms with E-state index in [1.807, 2.05) is 6.07 Å². The number of hydrogen-bond acceptors (Lipinski definition) is 4. The highest BCUT2D eigenvalue weighted by molar-refractivity contribution is 5.99. The van der Waals surface area contributed by atoms with Crippen molar-refractivity contribution in [1.29, 1.82) is 0 Å². The fourth-order valence-electron chi connectivity index (χ4n) is 4.05. The number of ether oxygens (including phenoxy) is 2. The summed E-state index contributed by atoms with van der Waals surface area (Å²) in [7, 11) is 0. The zero-order valence-electron chi connectivity index (χ0n) is 22.6. The standard InChI is InChI=1S/C32H40N2O4/c1-25-16-17-26(2)30(24-25)38-23-13-8-6-4-3-5-7-12-22-37-29-20-18-28(19-21-29)32(36)34-33-31(35)27-14-10-9-11-15-27/h9-11,14-21,24H,3-8,12-13,22-23H2,1-2H3,(H,33,35)(H,34,36). The second kappa shape index (κ2) is 16.1. The van der Waals surface area contributed by atoms with Crippen LogP contribution in [0.4, 0.5) is 0 Å². The Kier molecular flexibility index (Phi) is 12.2. The van der Waals surface area contributed by atoms with Crippen molar-refractivity contribution in [3.63, 3.8) is 0 Å². The lowest BCUT2D eigenvalue weighted by atomic mass is 10.1. The Morgan fingerprint density at radius 2 is 1.13 bits per heavy atom. The molecule has 202 valence electrons. The van der Waals surface area contributed by atoms with Crippen LogP contribution in [-0.4, -0.2) is 25.0 Å². The van der Waals surface area contributed by atoms with E-state index in [2.05, 4.69) is 42.9 Å². The first kappa shape index (κ1) is 28.8.